The smallest absolute Gasteiger partial charge is 0.331 e. The second-order valence-corrected chi connectivity index (χ2v) is 7.23. The van der Waals surface area contributed by atoms with Gasteiger partial charge in [-0.1, -0.05) is 42.5 Å². The molecule has 4 rings (SSSR count). The molecular formula is C22H23N3O3. The highest BCUT2D eigenvalue weighted by molar-refractivity contribution is 5.81. The van der Waals surface area contributed by atoms with Crippen molar-refractivity contribution in [2.24, 2.45) is 5.92 Å². The second-order valence-electron chi connectivity index (χ2n) is 7.23. The Hall–Kier alpha value is -3.15. The minimum atomic E-state index is -0.455. The monoisotopic (exact) mass is 377 g/mol. The van der Waals surface area contributed by atoms with Gasteiger partial charge in [0.05, 0.1) is 16.9 Å². The Kier molecular flexibility index (Phi) is 4.86. The minimum absolute atomic E-state index is 0.0484. The number of nitrogens with one attached hydrogen (secondary N) is 1. The average molecular weight is 377 g/mol. The van der Waals surface area contributed by atoms with Crippen LogP contribution in [0.4, 0.5) is 0 Å². The molecule has 1 aromatic heterocycles. The van der Waals surface area contributed by atoms with Crippen LogP contribution in [-0.4, -0.2) is 15.0 Å². The molecule has 1 atom stereocenters. The molecule has 0 bridgehead atoms. The molecular weight excluding hydrogens is 354 g/mol. The number of aromatic nitrogens is 2. The van der Waals surface area contributed by atoms with Gasteiger partial charge in [0, 0.05) is 6.54 Å². The molecule has 144 valence electrons. The highest BCUT2D eigenvalue weighted by Crippen LogP contribution is 2.40. The van der Waals surface area contributed by atoms with Gasteiger partial charge in [0.15, 0.2) is 0 Å². The molecule has 1 amide bonds. The van der Waals surface area contributed by atoms with E-state index < -0.39 is 5.69 Å². The van der Waals surface area contributed by atoms with Crippen molar-refractivity contribution >= 4 is 16.8 Å². The Balaban J connectivity index is 1.67. The predicted molar refractivity (Wildman–Crippen MR) is 108 cm³/mol. The van der Waals surface area contributed by atoms with Gasteiger partial charge in [-0.15, -0.1) is 0 Å². The molecule has 0 saturated heterocycles. The molecule has 1 fully saturated rings. The number of carbonyl (C=O) groups is 1. The van der Waals surface area contributed by atoms with Crippen LogP contribution >= 0.6 is 0 Å². The van der Waals surface area contributed by atoms with Crippen molar-refractivity contribution in [3.05, 3.63) is 81.0 Å². The average Bonchev–Trinajstić information content (AvgIpc) is 3.56. The van der Waals surface area contributed by atoms with E-state index in [1.165, 1.54) is 9.13 Å². The van der Waals surface area contributed by atoms with Crippen LogP contribution in [0.3, 0.4) is 0 Å². The van der Waals surface area contributed by atoms with E-state index in [-0.39, 0.29) is 30.6 Å². The summed E-state index contributed by atoms with van der Waals surface area (Å²) in [4.78, 5) is 38.2. The molecule has 6 heteroatoms. The van der Waals surface area contributed by atoms with E-state index in [0.717, 1.165) is 18.4 Å². The molecule has 1 aliphatic rings. The quantitative estimate of drug-likeness (QED) is 0.717. The molecule has 1 heterocycles. The molecule has 0 spiro atoms. The van der Waals surface area contributed by atoms with Gasteiger partial charge in [-0.25, -0.2) is 4.79 Å². The lowest BCUT2D eigenvalue weighted by atomic mass is 10.0. The van der Waals surface area contributed by atoms with Gasteiger partial charge in [-0.2, -0.15) is 0 Å². The number of amides is 1. The first-order chi connectivity index (χ1) is 13.6. The molecule has 0 unspecified atom stereocenters. The van der Waals surface area contributed by atoms with Crippen molar-refractivity contribution in [1.82, 2.24) is 14.5 Å². The van der Waals surface area contributed by atoms with Crippen LogP contribution in [0.1, 0.15) is 31.4 Å². The van der Waals surface area contributed by atoms with Crippen LogP contribution in [-0.2, 0) is 17.9 Å². The Labute approximate surface area is 162 Å². The van der Waals surface area contributed by atoms with Gasteiger partial charge in [0.1, 0.15) is 6.54 Å². The summed E-state index contributed by atoms with van der Waals surface area (Å²) >= 11 is 0. The summed E-state index contributed by atoms with van der Waals surface area (Å²) in [5, 5.41) is 3.54. The van der Waals surface area contributed by atoms with E-state index in [4.69, 9.17) is 0 Å². The van der Waals surface area contributed by atoms with Crippen LogP contribution < -0.4 is 16.6 Å². The van der Waals surface area contributed by atoms with E-state index in [0.29, 0.717) is 16.8 Å². The minimum Gasteiger partial charge on any atom is -0.347 e. The van der Waals surface area contributed by atoms with Crippen molar-refractivity contribution in [3.8, 4) is 0 Å². The largest absolute Gasteiger partial charge is 0.347 e. The Morgan fingerprint density at radius 1 is 1.04 bits per heavy atom. The SMILES string of the molecule is CCn1c(=O)c2ccccc2n(CC(=O)N[C@@H](c2ccccc2)C2CC2)c1=O. The van der Waals surface area contributed by atoms with Crippen molar-refractivity contribution in [1.29, 1.82) is 0 Å². The highest BCUT2D eigenvalue weighted by atomic mass is 16.2. The predicted octanol–water partition coefficient (Wildman–Crippen LogP) is 2.45. The van der Waals surface area contributed by atoms with Crippen molar-refractivity contribution in [2.75, 3.05) is 0 Å². The van der Waals surface area contributed by atoms with Crippen molar-refractivity contribution < 1.29 is 4.79 Å². The van der Waals surface area contributed by atoms with Crippen LogP contribution in [0.25, 0.3) is 10.9 Å². The lowest BCUT2D eigenvalue weighted by Gasteiger charge is -2.20. The third-order valence-electron chi connectivity index (χ3n) is 5.32. The molecule has 28 heavy (non-hydrogen) atoms. The zero-order chi connectivity index (χ0) is 19.7. The number of hydrogen-bond donors (Lipinski definition) is 1. The summed E-state index contributed by atoms with van der Waals surface area (Å²) < 4.78 is 2.57. The topological polar surface area (TPSA) is 73.1 Å². The molecule has 1 saturated carbocycles. The van der Waals surface area contributed by atoms with Gasteiger partial charge in [-0.3, -0.25) is 18.7 Å². The van der Waals surface area contributed by atoms with Gasteiger partial charge in [0.2, 0.25) is 5.91 Å². The summed E-state index contributed by atoms with van der Waals surface area (Å²) in [6.07, 6.45) is 2.17. The normalized spacial score (nSPS) is 14.8. The van der Waals surface area contributed by atoms with Gasteiger partial charge >= 0.3 is 5.69 Å². The summed E-state index contributed by atoms with van der Waals surface area (Å²) in [7, 11) is 0. The first kappa shape index (κ1) is 18.2. The number of benzene rings is 2. The number of rotatable bonds is 6. The molecule has 1 N–H and O–H groups in total. The van der Waals surface area contributed by atoms with E-state index in [9.17, 15) is 14.4 Å². The maximum atomic E-state index is 12.9. The fourth-order valence-corrected chi connectivity index (χ4v) is 3.73. The maximum Gasteiger partial charge on any atom is 0.331 e. The molecule has 0 radical (unpaired) electrons. The second kappa shape index (κ2) is 7.46. The Morgan fingerprint density at radius 2 is 1.71 bits per heavy atom. The number of carbonyl (C=O) groups excluding carboxylic acids is 1. The Bertz CT molecular complexity index is 1130. The number of fused-ring (bicyclic) bond motifs is 1. The third kappa shape index (κ3) is 3.38. The van der Waals surface area contributed by atoms with Crippen LogP contribution in [0.15, 0.2) is 64.2 Å². The number of nitrogens with zero attached hydrogens (tertiary/aromatic N) is 2. The highest BCUT2D eigenvalue weighted by Gasteiger charge is 2.33. The lowest BCUT2D eigenvalue weighted by Crippen LogP contribution is -2.43. The first-order valence-electron chi connectivity index (χ1n) is 9.67. The number of para-hydroxylation sites is 1. The molecule has 2 aromatic carbocycles. The first-order valence-corrected chi connectivity index (χ1v) is 9.67. The third-order valence-corrected chi connectivity index (χ3v) is 5.32. The molecule has 0 aliphatic heterocycles. The molecule has 6 nitrogen and oxygen atoms in total. The Morgan fingerprint density at radius 3 is 2.39 bits per heavy atom. The van der Waals surface area contributed by atoms with Crippen LogP contribution in [0.5, 0.6) is 0 Å². The number of hydrogen-bond acceptors (Lipinski definition) is 3. The zero-order valence-electron chi connectivity index (χ0n) is 15.8. The van der Waals surface area contributed by atoms with Gasteiger partial charge < -0.3 is 5.32 Å². The van der Waals surface area contributed by atoms with Crippen molar-refractivity contribution in [3.63, 3.8) is 0 Å². The zero-order valence-corrected chi connectivity index (χ0v) is 15.8. The fraction of sp³-hybridized carbons (Fsp3) is 0.318. The van der Waals surface area contributed by atoms with Gasteiger partial charge in [0.25, 0.3) is 5.56 Å². The van der Waals surface area contributed by atoms with Gasteiger partial charge in [-0.05, 0) is 43.4 Å². The standard InChI is InChI=1S/C22H23N3O3/c1-2-24-21(27)17-10-6-7-11-18(17)25(22(24)28)14-19(26)23-20(16-12-13-16)15-8-4-3-5-9-15/h3-11,16,20H,2,12-14H2,1H3,(H,23,26)/t20-/m0/s1. The molecule has 1 aliphatic carbocycles. The summed E-state index contributed by atoms with van der Waals surface area (Å²) in [5.41, 5.74) is 0.790. The van der Waals surface area contributed by atoms with E-state index in [1.54, 1.807) is 31.2 Å². The van der Waals surface area contributed by atoms with E-state index in [2.05, 4.69) is 5.32 Å². The summed E-state index contributed by atoms with van der Waals surface area (Å²) in [5.74, 6) is 0.207. The molecule has 3 aromatic rings. The van der Waals surface area contributed by atoms with Crippen LogP contribution in [0.2, 0.25) is 0 Å². The fourth-order valence-electron chi connectivity index (χ4n) is 3.73. The van der Waals surface area contributed by atoms with Crippen LogP contribution in [0, 0.1) is 5.92 Å². The van der Waals surface area contributed by atoms with E-state index >= 15 is 0 Å². The van der Waals surface area contributed by atoms with E-state index in [1.807, 2.05) is 30.3 Å². The summed E-state index contributed by atoms with van der Waals surface area (Å²) in [6, 6.07) is 16.8. The lowest BCUT2D eigenvalue weighted by molar-refractivity contribution is -0.122. The summed E-state index contributed by atoms with van der Waals surface area (Å²) in [6.45, 7) is 1.90. The maximum absolute atomic E-state index is 12.9. The van der Waals surface area contributed by atoms with Crippen molar-refractivity contribution in [2.45, 2.75) is 38.9 Å².